The van der Waals surface area contributed by atoms with Crippen molar-refractivity contribution in [2.75, 3.05) is 10.0 Å². The summed E-state index contributed by atoms with van der Waals surface area (Å²) in [6.45, 7) is 4.10. The molecule has 4 N–H and O–H groups in total. The third kappa shape index (κ3) is 5.77. The zero-order valence-corrected chi connectivity index (χ0v) is 23.1. The highest BCUT2D eigenvalue weighted by Crippen LogP contribution is 2.32. The molecule has 0 atom stereocenters. The van der Waals surface area contributed by atoms with Gasteiger partial charge in [0.05, 0.1) is 10.4 Å². The van der Waals surface area contributed by atoms with Crippen LogP contribution in [0.1, 0.15) is 43.7 Å². The highest BCUT2D eigenvalue weighted by atomic mass is 35.5. The lowest BCUT2D eigenvalue weighted by Gasteiger charge is -2.26. The molecule has 1 heterocycles. The fraction of sp³-hybridized carbons (Fsp3) is 0.310. The van der Waals surface area contributed by atoms with Crippen molar-refractivity contribution in [2.24, 2.45) is 5.73 Å². The molecule has 198 valence electrons. The summed E-state index contributed by atoms with van der Waals surface area (Å²) in [6, 6.07) is 16.7. The minimum Gasteiger partial charge on any atom is -0.351 e. The summed E-state index contributed by atoms with van der Waals surface area (Å²) in [5, 5.41) is 4.84. The fourth-order valence-electron chi connectivity index (χ4n) is 5.06. The molecule has 5 rings (SSSR count). The van der Waals surface area contributed by atoms with Gasteiger partial charge in [0.15, 0.2) is 0 Å². The largest absolute Gasteiger partial charge is 0.351 e. The first kappa shape index (κ1) is 26.4. The lowest BCUT2D eigenvalue weighted by Crippen LogP contribution is -2.33. The van der Waals surface area contributed by atoms with Crippen molar-refractivity contribution in [1.29, 1.82) is 0 Å². The number of benzene rings is 3. The topological polar surface area (TPSA) is 110 Å². The third-order valence-electron chi connectivity index (χ3n) is 7.14. The van der Waals surface area contributed by atoms with Gasteiger partial charge >= 0.3 is 0 Å². The number of nitrogens with zero attached hydrogens (tertiary/aromatic N) is 2. The number of aryl methyl sites for hydroxylation is 2. The number of hydrogen-bond donors (Lipinski definition) is 3. The van der Waals surface area contributed by atoms with E-state index in [1.807, 2.05) is 25.3 Å². The number of nitrogens with one attached hydrogen (secondary N) is 2. The molecule has 0 amide bonds. The number of nitrogens with two attached hydrogens (primary N) is 1. The molecule has 0 unspecified atom stereocenters. The predicted molar refractivity (Wildman–Crippen MR) is 155 cm³/mol. The van der Waals surface area contributed by atoms with Crippen LogP contribution in [0.2, 0.25) is 5.02 Å². The molecule has 0 bridgehead atoms. The zero-order chi connectivity index (χ0) is 26.9. The summed E-state index contributed by atoms with van der Waals surface area (Å²) >= 11 is 5.98. The number of fused-ring (bicyclic) bond motifs is 1. The van der Waals surface area contributed by atoms with Gasteiger partial charge < -0.3 is 11.1 Å². The molecular formula is C29H32ClN5O2S. The Hall–Kier alpha value is -3.20. The molecule has 1 aromatic heterocycles. The standard InChI is InChI=1S/C29H32ClN5O2S/c1-3-19-14-20(15-21-17-32-29(34-28(19)21)33-24-9-7-23(31)8-10-24)27-12-11-25(13-18(27)2)35-38(36,37)26-6-4-5-22(30)16-26/h4-6,11-17,23-24,35H,3,7-10,31H2,1-2H3,(H,32,33,34)/t23-,24-. The molecule has 1 aliphatic rings. The van der Waals surface area contributed by atoms with Crippen LogP contribution in [0.3, 0.4) is 0 Å². The first-order valence-electron chi connectivity index (χ1n) is 12.9. The minimum absolute atomic E-state index is 0.120. The Morgan fingerprint density at radius 1 is 1.05 bits per heavy atom. The molecule has 1 fully saturated rings. The number of anilines is 2. The second-order valence-electron chi connectivity index (χ2n) is 9.97. The second kappa shape index (κ2) is 10.9. The second-order valence-corrected chi connectivity index (χ2v) is 12.1. The van der Waals surface area contributed by atoms with Gasteiger partial charge in [-0.15, -0.1) is 0 Å². The van der Waals surface area contributed by atoms with Crippen molar-refractivity contribution >= 4 is 44.2 Å². The molecule has 4 aromatic rings. The van der Waals surface area contributed by atoms with Gasteiger partial charge in [-0.2, -0.15) is 0 Å². The molecular weight excluding hydrogens is 518 g/mol. The molecule has 38 heavy (non-hydrogen) atoms. The van der Waals surface area contributed by atoms with Crippen LogP contribution in [0, 0.1) is 6.92 Å². The zero-order valence-electron chi connectivity index (χ0n) is 21.5. The quantitative estimate of drug-likeness (QED) is 0.249. The van der Waals surface area contributed by atoms with Crippen molar-refractivity contribution in [2.45, 2.75) is 62.9 Å². The number of hydrogen-bond acceptors (Lipinski definition) is 6. The lowest BCUT2D eigenvalue weighted by molar-refractivity contribution is 0.410. The van der Waals surface area contributed by atoms with E-state index in [1.54, 1.807) is 18.2 Å². The van der Waals surface area contributed by atoms with Crippen LogP contribution in [-0.2, 0) is 16.4 Å². The van der Waals surface area contributed by atoms with Crippen molar-refractivity contribution in [3.63, 3.8) is 0 Å². The smallest absolute Gasteiger partial charge is 0.261 e. The van der Waals surface area contributed by atoms with E-state index in [1.165, 1.54) is 12.1 Å². The number of sulfonamides is 1. The predicted octanol–water partition coefficient (Wildman–Crippen LogP) is 6.30. The van der Waals surface area contributed by atoms with Crippen LogP contribution in [0.4, 0.5) is 11.6 Å². The molecule has 3 aromatic carbocycles. The summed E-state index contributed by atoms with van der Waals surface area (Å²) in [7, 11) is -3.75. The molecule has 0 spiro atoms. The van der Waals surface area contributed by atoms with Gasteiger partial charge in [0.25, 0.3) is 10.0 Å². The van der Waals surface area contributed by atoms with E-state index in [4.69, 9.17) is 22.3 Å². The van der Waals surface area contributed by atoms with E-state index in [0.717, 1.165) is 65.3 Å². The SMILES string of the molecule is CCc1cc(-c2ccc(NS(=O)(=O)c3cccc(Cl)c3)cc2C)cc2cnc(N[C@H]3CC[C@H](N)CC3)nc12. The van der Waals surface area contributed by atoms with Crippen molar-refractivity contribution in [1.82, 2.24) is 9.97 Å². The van der Waals surface area contributed by atoms with Gasteiger partial charge in [0.1, 0.15) is 0 Å². The third-order valence-corrected chi connectivity index (χ3v) is 8.76. The maximum atomic E-state index is 12.8. The van der Waals surface area contributed by atoms with E-state index in [-0.39, 0.29) is 4.90 Å². The van der Waals surface area contributed by atoms with Crippen LogP contribution in [-0.4, -0.2) is 30.5 Å². The van der Waals surface area contributed by atoms with E-state index in [9.17, 15) is 8.42 Å². The summed E-state index contributed by atoms with van der Waals surface area (Å²) < 4.78 is 28.3. The molecule has 7 nitrogen and oxygen atoms in total. The number of rotatable bonds is 7. The molecule has 0 aliphatic heterocycles. The molecule has 0 saturated heterocycles. The average molecular weight is 550 g/mol. The summed E-state index contributed by atoms with van der Waals surface area (Å²) in [5.74, 6) is 0.660. The van der Waals surface area contributed by atoms with Crippen molar-refractivity contribution in [3.8, 4) is 11.1 Å². The Kier molecular flexibility index (Phi) is 7.56. The monoisotopic (exact) mass is 549 g/mol. The summed E-state index contributed by atoms with van der Waals surface area (Å²) in [5.41, 5.74) is 11.6. The molecule has 1 aliphatic carbocycles. The maximum Gasteiger partial charge on any atom is 0.261 e. The van der Waals surface area contributed by atoms with E-state index in [2.05, 4.69) is 34.1 Å². The number of aromatic nitrogens is 2. The Labute approximate surface area is 228 Å². The van der Waals surface area contributed by atoms with Crippen molar-refractivity contribution in [3.05, 3.63) is 76.9 Å². The summed E-state index contributed by atoms with van der Waals surface area (Å²) in [4.78, 5) is 9.59. The molecule has 0 radical (unpaired) electrons. The molecule has 9 heteroatoms. The van der Waals surface area contributed by atoms with Crippen LogP contribution in [0.15, 0.2) is 65.7 Å². The Morgan fingerprint density at radius 2 is 1.84 bits per heavy atom. The van der Waals surface area contributed by atoms with Crippen molar-refractivity contribution < 1.29 is 8.42 Å². The average Bonchev–Trinajstić information content (AvgIpc) is 2.89. The van der Waals surface area contributed by atoms with Gasteiger partial charge in [-0.3, -0.25) is 4.72 Å². The first-order chi connectivity index (χ1) is 18.2. The fourth-order valence-corrected chi connectivity index (χ4v) is 6.41. The minimum atomic E-state index is -3.75. The van der Waals surface area contributed by atoms with Gasteiger partial charge in [-0.1, -0.05) is 30.7 Å². The Bertz CT molecular complexity index is 1580. The molecule has 1 saturated carbocycles. The van der Waals surface area contributed by atoms with Crippen LogP contribution < -0.4 is 15.8 Å². The first-order valence-corrected chi connectivity index (χ1v) is 14.8. The lowest BCUT2D eigenvalue weighted by atomic mass is 9.92. The van der Waals surface area contributed by atoms with Crippen LogP contribution in [0.25, 0.3) is 22.0 Å². The normalized spacial score (nSPS) is 17.9. The van der Waals surface area contributed by atoms with Crippen LogP contribution in [0.5, 0.6) is 0 Å². The Morgan fingerprint density at radius 3 is 2.55 bits per heavy atom. The highest BCUT2D eigenvalue weighted by Gasteiger charge is 2.20. The van der Waals surface area contributed by atoms with Gasteiger partial charge in [0.2, 0.25) is 5.95 Å². The van der Waals surface area contributed by atoms with Crippen LogP contribution >= 0.6 is 11.6 Å². The Balaban J connectivity index is 1.40. The van der Waals surface area contributed by atoms with E-state index in [0.29, 0.717) is 28.7 Å². The van der Waals surface area contributed by atoms with Gasteiger partial charge in [0, 0.05) is 34.4 Å². The van der Waals surface area contributed by atoms with E-state index >= 15 is 0 Å². The highest BCUT2D eigenvalue weighted by molar-refractivity contribution is 7.92. The summed E-state index contributed by atoms with van der Waals surface area (Å²) in [6.07, 6.45) is 6.82. The van der Waals surface area contributed by atoms with Gasteiger partial charge in [-0.05, 0) is 104 Å². The maximum absolute atomic E-state index is 12.8. The van der Waals surface area contributed by atoms with E-state index < -0.39 is 10.0 Å². The van der Waals surface area contributed by atoms with Gasteiger partial charge in [-0.25, -0.2) is 18.4 Å². The number of halogens is 1.